The fourth-order valence-corrected chi connectivity index (χ4v) is 2.85. The van der Waals surface area contributed by atoms with Gasteiger partial charge in [0.1, 0.15) is 0 Å². The maximum atomic E-state index is 3.48. The van der Waals surface area contributed by atoms with Crippen molar-refractivity contribution in [1.29, 1.82) is 0 Å². The lowest BCUT2D eigenvalue weighted by atomic mass is 10.1. The zero-order valence-corrected chi connectivity index (χ0v) is 10.7. The Bertz CT molecular complexity index is 161. The van der Waals surface area contributed by atoms with Crippen LogP contribution in [0.1, 0.15) is 20.3 Å². The van der Waals surface area contributed by atoms with Crippen LogP contribution in [0.4, 0.5) is 0 Å². The van der Waals surface area contributed by atoms with Crippen LogP contribution in [0, 0.1) is 5.92 Å². The molecule has 0 aromatic rings. The Morgan fingerprint density at radius 3 is 2.71 bits per heavy atom. The SMILES string of the molecule is CSC1CNCC1N(C)CCC(C)C. The van der Waals surface area contributed by atoms with E-state index in [9.17, 15) is 0 Å². The van der Waals surface area contributed by atoms with E-state index in [1.165, 1.54) is 26.1 Å². The van der Waals surface area contributed by atoms with Crippen LogP contribution in [0.2, 0.25) is 0 Å². The summed E-state index contributed by atoms with van der Waals surface area (Å²) in [5, 5.41) is 4.26. The van der Waals surface area contributed by atoms with Gasteiger partial charge in [-0.05, 0) is 32.2 Å². The van der Waals surface area contributed by atoms with Gasteiger partial charge in [0, 0.05) is 24.4 Å². The Hall–Kier alpha value is 0.270. The molecule has 1 aliphatic rings. The second-order valence-corrected chi connectivity index (χ2v) is 5.74. The van der Waals surface area contributed by atoms with Crippen LogP contribution < -0.4 is 5.32 Å². The van der Waals surface area contributed by atoms with E-state index in [2.05, 4.69) is 37.4 Å². The molecule has 84 valence electrons. The van der Waals surface area contributed by atoms with Gasteiger partial charge in [0.25, 0.3) is 0 Å². The predicted molar refractivity (Wildman–Crippen MR) is 66.0 cm³/mol. The van der Waals surface area contributed by atoms with Crippen molar-refractivity contribution in [3.63, 3.8) is 0 Å². The van der Waals surface area contributed by atoms with Gasteiger partial charge < -0.3 is 10.2 Å². The van der Waals surface area contributed by atoms with E-state index in [0.29, 0.717) is 0 Å². The van der Waals surface area contributed by atoms with E-state index in [1.807, 2.05) is 11.8 Å². The van der Waals surface area contributed by atoms with Crippen LogP contribution >= 0.6 is 11.8 Å². The van der Waals surface area contributed by atoms with Crippen LogP contribution in [-0.4, -0.2) is 49.1 Å². The zero-order valence-electron chi connectivity index (χ0n) is 9.92. The highest BCUT2D eigenvalue weighted by Crippen LogP contribution is 2.19. The molecule has 14 heavy (non-hydrogen) atoms. The maximum Gasteiger partial charge on any atom is 0.0348 e. The molecule has 2 unspecified atom stereocenters. The van der Waals surface area contributed by atoms with Crippen molar-refractivity contribution in [2.75, 3.05) is 32.9 Å². The minimum atomic E-state index is 0.740. The molecule has 1 aliphatic heterocycles. The second-order valence-electron chi connectivity index (χ2n) is 4.66. The number of nitrogens with one attached hydrogen (secondary N) is 1. The van der Waals surface area contributed by atoms with Gasteiger partial charge >= 0.3 is 0 Å². The van der Waals surface area contributed by atoms with Crippen molar-refractivity contribution >= 4 is 11.8 Å². The van der Waals surface area contributed by atoms with Gasteiger partial charge in [0.2, 0.25) is 0 Å². The van der Waals surface area contributed by atoms with Crippen molar-refractivity contribution in [2.24, 2.45) is 5.92 Å². The third-order valence-electron chi connectivity index (χ3n) is 3.06. The van der Waals surface area contributed by atoms with Crippen LogP contribution in [0.3, 0.4) is 0 Å². The Labute approximate surface area is 92.8 Å². The van der Waals surface area contributed by atoms with Crippen molar-refractivity contribution in [3.8, 4) is 0 Å². The van der Waals surface area contributed by atoms with E-state index < -0.39 is 0 Å². The summed E-state index contributed by atoms with van der Waals surface area (Å²) in [4.78, 5) is 2.53. The Kier molecular flexibility index (Phi) is 5.28. The summed E-state index contributed by atoms with van der Waals surface area (Å²) in [5.74, 6) is 0.819. The van der Waals surface area contributed by atoms with Crippen LogP contribution in [0.25, 0.3) is 0 Å². The molecular weight excluding hydrogens is 192 g/mol. The third kappa shape index (κ3) is 3.44. The standard InChI is InChI=1S/C11H24N2S/c1-9(2)5-6-13(3)10-7-12-8-11(10)14-4/h9-12H,5-8H2,1-4H3. The summed E-state index contributed by atoms with van der Waals surface area (Å²) >= 11 is 2.00. The Balaban J connectivity index is 2.31. The molecule has 0 saturated carbocycles. The van der Waals surface area contributed by atoms with Crippen LogP contribution in [0.5, 0.6) is 0 Å². The molecule has 1 fully saturated rings. The lowest BCUT2D eigenvalue weighted by molar-refractivity contribution is 0.246. The number of thioether (sulfide) groups is 1. The maximum absolute atomic E-state index is 3.48. The van der Waals surface area contributed by atoms with Gasteiger partial charge in [0.05, 0.1) is 0 Å². The van der Waals surface area contributed by atoms with Gasteiger partial charge in [-0.3, -0.25) is 0 Å². The smallest absolute Gasteiger partial charge is 0.0348 e. The van der Waals surface area contributed by atoms with Crippen LogP contribution in [-0.2, 0) is 0 Å². The molecule has 0 spiro atoms. The summed E-state index contributed by atoms with van der Waals surface area (Å²) in [7, 11) is 2.27. The average molecular weight is 216 g/mol. The summed E-state index contributed by atoms with van der Waals surface area (Å²) in [6, 6.07) is 0.740. The first-order chi connectivity index (χ1) is 6.65. The molecule has 1 heterocycles. The second kappa shape index (κ2) is 5.99. The first-order valence-electron chi connectivity index (χ1n) is 5.59. The minimum Gasteiger partial charge on any atom is -0.314 e. The number of nitrogens with zero attached hydrogens (tertiary/aromatic N) is 1. The molecule has 1 saturated heterocycles. The molecule has 0 radical (unpaired) electrons. The summed E-state index contributed by atoms with van der Waals surface area (Å²) in [6.45, 7) is 8.18. The average Bonchev–Trinajstić information content (AvgIpc) is 2.61. The molecule has 0 amide bonds. The number of likely N-dealkylation sites (N-methyl/N-ethyl adjacent to an activating group) is 1. The molecule has 0 aliphatic carbocycles. The van der Waals surface area contributed by atoms with E-state index in [4.69, 9.17) is 0 Å². The van der Waals surface area contributed by atoms with Gasteiger partial charge in [-0.15, -0.1) is 0 Å². The first-order valence-corrected chi connectivity index (χ1v) is 6.87. The quantitative estimate of drug-likeness (QED) is 0.752. The molecule has 2 nitrogen and oxygen atoms in total. The lowest BCUT2D eigenvalue weighted by Crippen LogP contribution is -2.40. The van der Waals surface area contributed by atoms with Gasteiger partial charge in [-0.1, -0.05) is 13.8 Å². The molecule has 0 bridgehead atoms. The van der Waals surface area contributed by atoms with Crippen molar-refractivity contribution in [3.05, 3.63) is 0 Å². The van der Waals surface area contributed by atoms with Crippen LogP contribution in [0.15, 0.2) is 0 Å². The normalized spacial score (nSPS) is 27.9. The predicted octanol–water partition coefficient (Wildman–Crippen LogP) is 1.67. The fraction of sp³-hybridized carbons (Fsp3) is 1.00. The monoisotopic (exact) mass is 216 g/mol. The number of rotatable bonds is 5. The van der Waals surface area contributed by atoms with E-state index in [-0.39, 0.29) is 0 Å². The summed E-state index contributed by atoms with van der Waals surface area (Å²) < 4.78 is 0. The molecule has 0 aromatic carbocycles. The van der Waals surface area contributed by atoms with Crippen molar-refractivity contribution in [2.45, 2.75) is 31.6 Å². The minimum absolute atomic E-state index is 0.740. The summed E-state index contributed by atoms with van der Waals surface area (Å²) in [5.41, 5.74) is 0. The Morgan fingerprint density at radius 1 is 1.43 bits per heavy atom. The zero-order chi connectivity index (χ0) is 10.6. The topological polar surface area (TPSA) is 15.3 Å². The molecule has 0 aromatic heterocycles. The highest BCUT2D eigenvalue weighted by Gasteiger charge is 2.29. The molecule has 2 atom stereocenters. The Morgan fingerprint density at radius 2 is 2.14 bits per heavy atom. The first kappa shape index (κ1) is 12.3. The largest absolute Gasteiger partial charge is 0.314 e. The molecular formula is C11H24N2S. The van der Waals surface area contributed by atoms with Gasteiger partial charge in [-0.2, -0.15) is 11.8 Å². The van der Waals surface area contributed by atoms with Crippen molar-refractivity contribution in [1.82, 2.24) is 10.2 Å². The van der Waals surface area contributed by atoms with Gasteiger partial charge in [-0.25, -0.2) is 0 Å². The van der Waals surface area contributed by atoms with Gasteiger partial charge in [0.15, 0.2) is 0 Å². The van der Waals surface area contributed by atoms with E-state index >= 15 is 0 Å². The molecule has 3 heteroatoms. The fourth-order valence-electron chi connectivity index (χ4n) is 1.95. The molecule has 1 N–H and O–H groups in total. The number of hydrogen-bond donors (Lipinski definition) is 1. The summed E-state index contributed by atoms with van der Waals surface area (Å²) in [6.07, 6.45) is 3.54. The highest BCUT2D eigenvalue weighted by molar-refractivity contribution is 7.99. The van der Waals surface area contributed by atoms with E-state index in [1.54, 1.807) is 0 Å². The highest BCUT2D eigenvalue weighted by atomic mass is 32.2. The molecule has 1 rings (SSSR count). The lowest BCUT2D eigenvalue weighted by Gasteiger charge is -2.28. The van der Waals surface area contributed by atoms with Crippen molar-refractivity contribution < 1.29 is 0 Å². The number of hydrogen-bond acceptors (Lipinski definition) is 3. The third-order valence-corrected chi connectivity index (χ3v) is 4.14. The van der Waals surface area contributed by atoms with E-state index in [0.717, 1.165) is 17.2 Å².